The van der Waals surface area contributed by atoms with Gasteiger partial charge in [0.15, 0.2) is 0 Å². The molecular weight excluding hydrogens is 662 g/mol. The van der Waals surface area contributed by atoms with Crippen molar-refractivity contribution in [3.8, 4) is 0 Å². The van der Waals surface area contributed by atoms with Crippen molar-refractivity contribution in [2.24, 2.45) is 21.1 Å². The Hall–Kier alpha value is -3.94. The average Bonchev–Trinajstić information content (AvgIpc) is 3.11. The molecule has 0 saturated heterocycles. The lowest BCUT2D eigenvalue weighted by molar-refractivity contribution is -0.121. The third-order valence-electron chi connectivity index (χ3n) is 6.57. The van der Waals surface area contributed by atoms with E-state index in [2.05, 4.69) is 46.0 Å². The van der Waals surface area contributed by atoms with Crippen LogP contribution in [0, 0.1) is 0 Å². The average molecular weight is 716 g/mol. The molecule has 3 amide bonds. The molecule has 0 unspecified atom stereocenters. The van der Waals surface area contributed by atoms with Crippen LogP contribution in [0.3, 0.4) is 0 Å². The number of nitrogens with one attached hydrogen (secondary N) is 3. The minimum Gasteiger partial charge on any atom is -0.379 e. The third kappa shape index (κ3) is 32.6. The third-order valence-corrected chi connectivity index (χ3v) is 6.57. The number of rotatable bonds is 36. The molecule has 0 bridgehead atoms. The SMILES string of the molecule is [N-]=[N+]=NCCOCCOCCNC(=O)CCC(N)(CCC(=O)NCCOCCOCCN=[N+]=[N-])CCC(=O)NCCOCCOCCN=[N+]=[N-]. The minimum absolute atomic E-state index is 0.0970. The highest BCUT2D eigenvalue weighted by atomic mass is 16.5. The number of carbonyl (C=O) groups is 3. The Kier molecular flexibility index (Phi) is 32.2. The van der Waals surface area contributed by atoms with Gasteiger partial charge in [-0.1, -0.05) is 15.3 Å². The summed E-state index contributed by atoms with van der Waals surface area (Å²) in [5.41, 5.74) is 30.4. The van der Waals surface area contributed by atoms with Gasteiger partial charge in [-0.05, 0) is 35.9 Å². The van der Waals surface area contributed by atoms with E-state index < -0.39 is 5.54 Å². The molecule has 0 aromatic carbocycles. The fourth-order valence-electron chi connectivity index (χ4n) is 3.93. The van der Waals surface area contributed by atoms with Gasteiger partial charge >= 0.3 is 0 Å². The number of nitrogens with two attached hydrogens (primary N) is 1. The van der Waals surface area contributed by atoms with Gasteiger partial charge in [-0.2, -0.15) is 0 Å². The summed E-state index contributed by atoms with van der Waals surface area (Å²) in [4.78, 5) is 45.4. The number of ether oxygens (including phenoxy) is 6. The first-order valence-corrected chi connectivity index (χ1v) is 16.4. The number of amides is 3. The predicted molar refractivity (Wildman–Crippen MR) is 181 cm³/mol. The summed E-state index contributed by atoms with van der Waals surface area (Å²) in [6, 6.07) is 0. The van der Waals surface area contributed by atoms with E-state index in [0.29, 0.717) is 59.5 Å². The van der Waals surface area contributed by atoms with Gasteiger partial charge in [-0.25, -0.2) is 0 Å². The largest absolute Gasteiger partial charge is 0.379 e. The zero-order valence-electron chi connectivity index (χ0n) is 28.7. The highest BCUT2D eigenvalue weighted by Crippen LogP contribution is 2.23. The van der Waals surface area contributed by atoms with Gasteiger partial charge in [0, 0.05) is 78.8 Å². The molecule has 0 aromatic rings. The molecule has 22 nitrogen and oxygen atoms in total. The van der Waals surface area contributed by atoms with Crippen LogP contribution in [0.1, 0.15) is 38.5 Å². The Labute approximate surface area is 291 Å². The van der Waals surface area contributed by atoms with Crippen molar-refractivity contribution < 1.29 is 42.8 Å². The first-order valence-electron chi connectivity index (χ1n) is 16.4. The molecule has 0 aliphatic rings. The second-order valence-electron chi connectivity index (χ2n) is 10.4. The van der Waals surface area contributed by atoms with Crippen molar-refractivity contribution in [1.29, 1.82) is 0 Å². The van der Waals surface area contributed by atoms with Crippen LogP contribution in [0.15, 0.2) is 15.3 Å². The Morgan fingerprint density at radius 3 is 1.00 bits per heavy atom. The highest BCUT2D eigenvalue weighted by molar-refractivity contribution is 5.77. The van der Waals surface area contributed by atoms with Crippen LogP contribution in [0.25, 0.3) is 31.3 Å². The summed E-state index contributed by atoms with van der Waals surface area (Å²) in [6.45, 7) is 5.30. The van der Waals surface area contributed by atoms with Crippen LogP contribution in [0.4, 0.5) is 0 Å². The molecule has 5 N–H and O–H groups in total. The summed E-state index contributed by atoms with van der Waals surface area (Å²) >= 11 is 0. The van der Waals surface area contributed by atoms with Crippen LogP contribution in [-0.4, -0.2) is 142 Å². The summed E-state index contributed by atoms with van der Waals surface area (Å²) in [6.07, 6.45) is 1.06. The Balaban J connectivity index is 4.53. The molecule has 0 rings (SSSR count). The number of azide groups is 3. The van der Waals surface area contributed by atoms with Crippen molar-refractivity contribution in [2.45, 2.75) is 44.1 Å². The van der Waals surface area contributed by atoms with E-state index in [1.54, 1.807) is 0 Å². The number of hydrogen-bond donors (Lipinski definition) is 4. The lowest BCUT2D eigenvalue weighted by Gasteiger charge is -2.29. The molecular formula is C28H53N13O9. The zero-order valence-corrected chi connectivity index (χ0v) is 28.7. The smallest absolute Gasteiger partial charge is 0.220 e. The molecule has 0 radical (unpaired) electrons. The Morgan fingerprint density at radius 1 is 0.480 bits per heavy atom. The van der Waals surface area contributed by atoms with Gasteiger partial charge in [0.1, 0.15) is 0 Å². The van der Waals surface area contributed by atoms with Crippen LogP contribution >= 0.6 is 0 Å². The number of carbonyl (C=O) groups excluding carboxylic acids is 3. The fourth-order valence-corrected chi connectivity index (χ4v) is 3.93. The standard InChI is InChI=1S/C28H53N13O9/c29-28(4-1-25(42)33-7-13-45-19-22-48-16-10-36-39-30,5-2-26(43)34-8-14-46-20-23-49-17-11-37-40-31)6-3-27(44)35-9-15-47-21-24-50-18-12-38-41-32/h1-24,29H2,(H,33,42)(H,34,43)(H,35,44). The van der Waals surface area contributed by atoms with Gasteiger partial charge in [0.05, 0.1) is 79.3 Å². The zero-order chi connectivity index (χ0) is 36.8. The lowest BCUT2D eigenvalue weighted by atomic mass is 9.84. The molecule has 50 heavy (non-hydrogen) atoms. The molecule has 0 saturated carbocycles. The predicted octanol–water partition coefficient (Wildman–Crippen LogP) is 1.40. The highest BCUT2D eigenvalue weighted by Gasteiger charge is 2.27. The molecule has 0 fully saturated rings. The maximum atomic E-state index is 12.5. The monoisotopic (exact) mass is 715 g/mol. The molecule has 0 atom stereocenters. The van der Waals surface area contributed by atoms with E-state index in [1.165, 1.54) is 0 Å². The topological polar surface area (TPSA) is 315 Å². The fraction of sp³-hybridized carbons (Fsp3) is 0.893. The van der Waals surface area contributed by atoms with Gasteiger partial charge < -0.3 is 50.1 Å². The molecule has 0 aliphatic carbocycles. The molecule has 0 aromatic heterocycles. The quantitative estimate of drug-likeness (QED) is 0.0313. The molecule has 22 heteroatoms. The van der Waals surface area contributed by atoms with E-state index in [1.807, 2.05) is 0 Å². The summed E-state index contributed by atoms with van der Waals surface area (Å²) < 4.78 is 31.9. The van der Waals surface area contributed by atoms with E-state index in [-0.39, 0.29) is 115 Å². The van der Waals surface area contributed by atoms with Gasteiger partial charge in [0.2, 0.25) is 17.7 Å². The van der Waals surface area contributed by atoms with Gasteiger partial charge in [-0.3, -0.25) is 14.4 Å². The Morgan fingerprint density at radius 2 is 0.740 bits per heavy atom. The summed E-state index contributed by atoms with van der Waals surface area (Å²) in [5.74, 6) is -0.706. The molecule has 0 spiro atoms. The maximum Gasteiger partial charge on any atom is 0.220 e. The second-order valence-corrected chi connectivity index (χ2v) is 10.4. The van der Waals surface area contributed by atoms with Crippen LogP contribution in [0.2, 0.25) is 0 Å². The van der Waals surface area contributed by atoms with Crippen LogP contribution in [0.5, 0.6) is 0 Å². The van der Waals surface area contributed by atoms with Crippen molar-refractivity contribution in [3.63, 3.8) is 0 Å². The van der Waals surface area contributed by atoms with Gasteiger partial charge in [-0.15, -0.1) is 0 Å². The number of nitrogens with zero attached hydrogens (tertiary/aromatic N) is 9. The van der Waals surface area contributed by atoms with Crippen molar-refractivity contribution in [2.75, 3.05) is 119 Å². The van der Waals surface area contributed by atoms with E-state index in [0.717, 1.165) is 0 Å². The van der Waals surface area contributed by atoms with E-state index in [9.17, 15) is 14.4 Å². The minimum atomic E-state index is -0.956. The van der Waals surface area contributed by atoms with E-state index in [4.69, 9.17) is 50.7 Å². The lowest BCUT2D eigenvalue weighted by Crippen LogP contribution is -2.44. The molecule has 0 aliphatic heterocycles. The van der Waals surface area contributed by atoms with Crippen LogP contribution in [-0.2, 0) is 42.8 Å². The first kappa shape index (κ1) is 46.1. The first-order chi connectivity index (χ1) is 24.4. The molecule has 0 heterocycles. The normalized spacial score (nSPS) is 11.7. The molecule has 284 valence electrons. The van der Waals surface area contributed by atoms with E-state index >= 15 is 0 Å². The van der Waals surface area contributed by atoms with Crippen molar-refractivity contribution >= 4 is 17.7 Å². The summed E-state index contributed by atoms with van der Waals surface area (Å²) in [7, 11) is 0. The second kappa shape index (κ2) is 34.9. The van der Waals surface area contributed by atoms with Crippen molar-refractivity contribution in [3.05, 3.63) is 31.3 Å². The number of hydrogen-bond acceptors (Lipinski definition) is 13. The Bertz CT molecular complexity index is 928. The van der Waals surface area contributed by atoms with Crippen molar-refractivity contribution in [1.82, 2.24) is 16.0 Å². The summed E-state index contributed by atoms with van der Waals surface area (Å²) in [5, 5.41) is 18.4. The maximum absolute atomic E-state index is 12.5. The van der Waals surface area contributed by atoms with Crippen LogP contribution < -0.4 is 21.7 Å². The van der Waals surface area contributed by atoms with Gasteiger partial charge in [0.25, 0.3) is 0 Å².